The van der Waals surface area contributed by atoms with E-state index >= 15 is 0 Å². The number of carbonyl (C=O) groups excluding carboxylic acids is 3. The van der Waals surface area contributed by atoms with Gasteiger partial charge in [-0.2, -0.15) is 5.01 Å². The number of aromatic hydroxyl groups is 2. The van der Waals surface area contributed by atoms with Gasteiger partial charge in [0.1, 0.15) is 11.5 Å². The summed E-state index contributed by atoms with van der Waals surface area (Å²) in [5.41, 5.74) is 2.76. The first kappa shape index (κ1) is 16.6. The zero-order chi connectivity index (χ0) is 18.0. The molecule has 7 nitrogen and oxygen atoms in total. The number of nitrogens with one attached hydrogen (secondary N) is 1. The molecule has 1 heterocycles. The molecule has 25 heavy (non-hydrogen) atoms. The van der Waals surface area contributed by atoms with E-state index in [-0.39, 0.29) is 22.0 Å². The lowest BCUT2D eigenvalue weighted by Crippen LogP contribution is -2.44. The first-order valence-electron chi connectivity index (χ1n) is 7.11. The van der Waals surface area contributed by atoms with Crippen LogP contribution < -0.4 is 5.43 Å². The normalized spacial score (nSPS) is 15.7. The van der Waals surface area contributed by atoms with E-state index in [1.54, 1.807) is 24.3 Å². The number of amides is 3. The summed E-state index contributed by atoms with van der Waals surface area (Å²) in [6, 6.07) is 11.9. The molecule has 2 aromatic rings. The average molecular weight is 356 g/mol. The summed E-state index contributed by atoms with van der Waals surface area (Å²) in [7, 11) is 0. The maximum Gasteiger partial charge on any atom is 0.312 e. The quantitative estimate of drug-likeness (QED) is 0.730. The highest BCUT2D eigenvalue weighted by Crippen LogP contribution is 2.31. The monoisotopic (exact) mass is 356 g/mol. The van der Waals surface area contributed by atoms with Crippen LogP contribution in [0.25, 0.3) is 6.08 Å². The molecule has 126 valence electrons. The predicted octanol–water partition coefficient (Wildman–Crippen LogP) is 2.48. The third-order valence-corrected chi connectivity index (χ3v) is 4.22. The smallest absolute Gasteiger partial charge is 0.312 e. The van der Waals surface area contributed by atoms with Gasteiger partial charge in [0, 0.05) is 0 Å². The first-order chi connectivity index (χ1) is 12.0. The van der Waals surface area contributed by atoms with Gasteiger partial charge in [0.15, 0.2) is 0 Å². The molecule has 0 radical (unpaired) electrons. The van der Waals surface area contributed by atoms with Crippen molar-refractivity contribution in [1.29, 1.82) is 0 Å². The van der Waals surface area contributed by atoms with Crippen LogP contribution in [0.2, 0.25) is 0 Å². The van der Waals surface area contributed by atoms with E-state index in [0.29, 0.717) is 22.3 Å². The molecule has 0 saturated carbocycles. The van der Waals surface area contributed by atoms with Crippen LogP contribution in [0.5, 0.6) is 11.5 Å². The van der Waals surface area contributed by atoms with E-state index < -0.39 is 17.1 Å². The molecule has 0 bridgehead atoms. The van der Waals surface area contributed by atoms with Crippen molar-refractivity contribution in [2.24, 2.45) is 0 Å². The third-order valence-electron chi connectivity index (χ3n) is 3.35. The Balaban J connectivity index is 1.79. The zero-order valence-electron chi connectivity index (χ0n) is 12.7. The number of nitrogens with zero attached hydrogens (tertiary/aromatic N) is 1. The zero-order valence-corrected chi connectivity index (χ0v) is 13.5. The highest BCUT2D eigenvalue weighted by molar-refractivity contribution is 8.18. The van der Waals surface area contributed by atoms with Gasteiger partial charge < -0.3 is 10.2 Å². The van der Waals surface area contributed by atoms with Crippen LogP contribution in [0.3, 0.4) is 0 Å². The standard InChI is InChI=1S/C17H12N2O5S/c20-11-7-5-10(6-8-11)9-14-16(23)19(17(24)25-14)18-15(22)12-3-1-2-4-13(12)21/h1-9,20-21H,(H,18,22). The Bertz CT molecular complexity index is 892. The lowest BCUT2D eigenvalue weighted by molar-refractivity contribution is -0.124. The van der Waals surface area contributed by atoms with Crippen molar-refractivity contribution in [3.63, 3.8) is 0 Å². The summed E-state index contributed by atoms with van der Waals surface area (Å²) < 4.78 is 0. The largest absolute Gasteiger partial charge is 0.508 e. The van der Waals surface area contributed by atoms with Gasteiger partial charge in [-0.25, -0.2) is 0 Å². The molecular formula is C17H12N2O5S. The van der Waals surface area contributed by atoms with Crippen LogP contribution in [-0.2, 0) is 4.79 Å². The van der Waals surface area contributed by atoms with E-state index in [1.807, 2.05) is 0 Å². The van der Waals surface area contributed by atoms with Crippen molar-refractivity contribution < 1.29 is 24.6 Å². The Morgan fingerprint density at radius 2 is 1.72 bits per heavy atom. The summed E-state index contributed by atoms with van der Waals surface area (Å²) in [5.74, 6) is -1.62. The Morgan fingerprint density at radius 3 is 2.40 bits per heavy atom. The van der Waals surface area contributed by atoms with Crippen LogP contribution in [-0.4, -0.2) is 32.3 Å². The van der Waals surface area contributed by atoms with Gasteiger partial charge in [0.25, 0.3) is 11.8 Å². The highest BCUT2D eigenvalue weighted by atomic mass is 32.2. The van der Waals surface area contributed by atoms with Gasteiger partial charge in [-0.1, -0.05) is 24.3 Å². The number of phenolic OH excluding ortho intramolecular Hbond substituents is 2. The number of hydrogen-bond donors (Lipinski definition) is 3. The van der Waals surface area contributed by atoms with E-state index in [0.717, 1.165) is 0 Å². The van der Waals surface area contributed by atoms with Crippen molar-refractivity contribution in [2.45, 2.75) is 0 Å². The first-order valence-corrected chi connectivity index (χ1v) is 7.93. The number of phenols is 2. The Kier molecular flexibility index (Phi) is 4.44. The molecule has 0 atom stereocenters. The van der Waals surface area contributed by atoms with Gasteiger partial charge in [-0.15, -0.1) is 0 Å². The number of imide groups is 1. The van der Waals surface area contributed by atoms with Crippen LogP contribution >= 0.6 is 11.8 Å². The van der Waals surface area contributed by atoms with E-state index in [2.05, 4.69) is 5.43 Å². The fraction of sp³-hybridized carbons (Fsp3) is 0. The molecule has 2 aromatic carbocycles. The van der Waals surface area contributed by atoms with E-state index in [1.165, 1.54) is 30.3 Å². The number of benzene rings is 2. The van der Waals surface area contributed by atoms with Crippen LogP contribution in [0.15, 0.2) is 53.4 Å². The number of carbonyl (C=O) groups is 3. The maximum atomic E-state index is 12.3. The van der Waals surface area contributed by atoms with Crippen LogP contribution in [0.4, 0.5) is 4.79 Å². The van der Waals surface area contributed by atoms with Gasteiger partial charge in [-0.3, -0.25) is 19.8 Å². The summed E-state index contributed by atoms with van der Waals surface area (Å²) in [5, 5.41) is 18.9. The summed E-state index contributed by atoms with van der Waals surface area (Å²) in [6.07, 6.45) is 1.48. The highest BCUT2D eigenvalue weighted by Gasteiger charge is 2.37. The van der Waals surface area contributed by atoms with Gasteiger partial charge in [0.05, 0.1) is 10.5 Å². The second kappa shape index (κ2) is 6.70. The number of thioether (sulfide) groups is 1. The number of hydrazine groups is 1. The van der Waals surface area contributed by atoms with E-state index in [9.17, 15) is 24.6 Å². The van der Waals surface area contributed by atoms with Crippen molar-refractivity contribution in [3.05, 3.63) is 64.6 Å². The molecule has 0 spiro atoms. The second-order valence-electron chi connectivity index (χ2n) is 5.07. The van der Waals surface area contributed by atoms with Crippen molar-refractivity contribution >= 4 is 34.9 Å². The van der Waals surface area contributed by atoms with Gasteiger partial charge >= 0.3 is 5.24 Å². The van der Waals surface area contributed by atoms with Crippen LogP contribution in [0, 0.1) is 0 Å². The third kappa shape index (κ3) is 3.48. The van der Waals surface area contributed by atoms with E-state index in [4.69, 9.17) is 0 Å². The molecule has 3 N–H and O–H groups in total. The Labute approximate surface area is 146 Å². The molecule has 3 amide bonds. The molecule has 0 unspecified atom stereocenters. The van der Waals surface area contributed by atoms with Gasteiger partial charge in [-0.05, 0) is 47.7 Å². The minimum Gasteiger partial charge on any atom is -0.508 e. The molecule has 0 aromatic heterocycles. The Hall–Kier alpha value is -3.26. The molecule has 1 fully saturated rings. The molecular weight excluding hydrogens is 344 g/mol. The minimum absolute atomic E-state index is 0.0518. The van der Waals surface area contributed by atoms with Crippen LogP contribution in [0.1, 0.15) is 15.9 Å². The molecule has 0 aliphatic carbocycles. The topological polar surface area (TPSA) is 107 Å². The summed E-state index contributed by atoms with van der Waals surface area (Å²) in [6.45, 7) is 0. The molecule has 1 aliphatic heterocycles. The molecule has 1 aliphatic rings. The molecule has 3 rings (SSSR count). The van der Waals surface area contributed by atoms with Crippen molar-refractivity contribution in [2.75, 3.05) is 0 Å². The Morgan fingerprint density at radius 1 is 1.04 bits per heavy atom. The maximum absolute atomic E-state index is 12.3. The van der Waals surface area contributed by atoms with Crippen molar-refractivity contribution in [1.82, 2.24) is 10.4 Å². The fourth-order valence-electron chi connectivity index (χ4n) is 2.11. The number of rotatable bonds is 3. The molecule has 1 saturated heterocycles. The SMILES string of the molecule is O=C(NN1C(=O)SC(=Cc2ccc(O)cc2)C1=O)c1ccccc1O. The average Bonchev–Trinajstić information content (AvgIpc) is 2.85. The number of hydrogen-bond acceptors (Lipinski definition) is 6. The summed E-state index contributed by atoms with van der Waals surface area (Å²) >= 11 is 0.681. The number of para-hydroxylation sites is 1. The van der Waals surface area contributed by atoms with Crippen molar-refractivity contribution in [3.8, 4) is 11.5 Å². The van der Waals surface area contributed by atoms with Gasteiger partial charge in [0.2, 0.25) is 0 Å². The molecule has 8 heteroatoms. The second-order valence-corrected chi connectivity index (χ2v) is 6.06. The fourth-order valence-corrected chi connectivity index (χ4v) is 2.89. The summed E-state index contributed by atoms with van der Waals surface area (Å²) in [4.78, 5) is 36.6. The lowest BCUT2D eigenvalue weighted by Gasteiger charge is -2.14. The lowest BCUT2D eigenvalue weighted by atomic mass is 10.2. The predicted molar refractivity (Wildman–Crippen MR) is 91.5 cm³/mol. The minimum atomic E-state index is -0.772.